The first-order valence-electron chi connectivity index (χ1n) is 11.5. The van der Waals surface area contributed by atoms with Gasteiger partial charge in [-0.3, -0.25) is 4.79 Å². The molecule has 0 saturated heterocycles. The van der Waals surface area contributed by atoms with Crippen molar-refractivity contribution in [3.8, 4) is 17.1 Å². The average Bonchev–Trinajstić information content (AvgIpc) is 3.12. The first kappa shape index (κ1) is 23.0. The summed E-state index contributed by atoms with van der Waals surface area (Å²) in [5.74, 6) is -0.636. The molecule has 2 heterocycles. The third-order valence-corrected chi connectivity index (χ3v) is 6.74. The topological polar surface area (TPSA) is 120 Å². The van der Waals surface area contributed by atoms with Crippen LogP contribution in [0.2, 0.25) is 0 Å². The van der Waals surface area contributed by atoms with E-state index in [9.17, 15) is 14.7 Å². The fourth-order valence-corrected chi connectivity index (χ4v) is 4.37. The van der Waals surface area contributed by atoms with E-state index >= 15 is 0 Å². The predicted octanol–water partition coefficient (Wildman–Crippen LogP) is 3.33. The molecule has 0 bridgehead atoms. The summed E-state index contributed by atoms with van der Waals surface area (Å²) in [4.78, 5) is 29.8. The minimum absolute atomic E-state index is 0.0602. The van der Waals surface area contributed by atoms with E-state index in [-0.39, 0.29) is 30.8 Å². The van der Waals surface area contributed by atoms with Gasteiger partial charge in [0.1, 0.15) is 24.1 Å². The first-order chi connectivity index (χ1) is 15.8. The van der Waals surface area contributed by atoms with Crippen molar-refractivity contribution in [1.82, 2.24) is 24.9 Å². The second kappa shape index (κ2) is 9.76. The third-order valence-electron chi connectivity index (χ3n) is 6.74. The molecule has 0 spiro atoms. The number of amides is 1. The SMILES string of the molecule is Cc1cc(-c2nnn(C)c2COC(=O)N(C)C2CCC2)cnc1O[C@H]1CCC[C@H](C(=O)O)C1. The van der Waals surface area contributed by atoms with E-state index in [0.717, 1.165) is 43.2 Å². The number of hydrogen-bond acceptors (Lipinski definition) is 7. The van der Waals surface area contributed by atoms with Crippen LogP contribution in [0.1, 0.15) is 56.2 Å². The van der Waals surface area contributed by atoms with Crippen LogP contribution in [0.25, 0.3) is 11.3 Å². The number of hydrogen-bond donors (Lipinski definition) is 1. The Morgan fingerprint density at radius 2 is 2.00 bits per heavy atom. The molecule has 0 radical (unpaired) electrons. The van der Waals surface area contributed by atoms with Crippen LogP contribution in [0.4, 0.5) is 4.79 Å². The summed E-state index contributed by atoms with van der Waals surface area (Å²) >= 11 is 0. The zero-order valence-corrected chi connectivity index (χ0v) is 19.4. The Kier molecular flexibility index (Phi) is 6.80. The first-order valence-corrected chi connectivity index (χ1v) is 11.5. The summed E-state index contributed by atoms with van der Waals surface area (Å²) in [5, 5.41) is 17.6. The number of rotatable bonds is 7. The molecule has 1 N–H and O–H groups in total. The van der Waals surface area contributed by atoms with Crippen molar-refractivity contribution in [2.75, 3.05) is 7.05 Å². The second-order valence-electron chi connectivity index (χ2n) is 9.05. The van der Waals surface area contributed by atoms with Crippen LogP contribution in [-0.2, 0) is 23.2 Å². The van der Waals surface area contributed by atoms with Crippen molar-refractivity contribution >= 4 is 12.1 Å². The Balaban J connectivity index is 1.43. The van der Waals surface area contributed by atoms with Crippen LogP contribution in [0, 0.1) is 12.8 Å². The number of ether oxygens (including phenoxy) is 2. The largest absolute Gasteiger partial charge is 0.481 e. The number of carboxylic acids is 1. The highest BCUT2D eigenvalue weighted by Crippen LogP contribution is 2.31. The van der Waals surface area contributed by atoms with Gasteiger partial charge in [-0.05, 0) is 57.9 Å². The van der Waals surface area contributed by atoms with E-state index in [1.807, 2.05) is 13.0 Å². The lowest BCUT2D eigenvalue weighted by Gasteiger charge is -2.33. The van der Waals surface area contributed by atoms with Crippen molar-refractivity contribution in [2.45, 2.75) is 70.6 Å². The van der Waals surface area contributed by atoms with Crippen LogP contribution in [0.5, 0.6) is 5.88 Å². The number of nitrogens with zero attached hydrogens (tertiary/aromatic N) is 5. The number of aryl methyl sites for hydroxylation is 2. The molecule has 2 saturated carbocycles. The van der Waals surface area contributed by atoms with Crippen molar-refractivity contribution in [2.24, 2.45) is 13.0 Å². The van der Waals surface area contributed by atoms with Gasteiger partial charge in [0.05, 0.1) is 5.92 Å². The minimum atomic E-state index is -0.766. The predicted molar refractivity (Wildman–Crippen MR) is 119 cm³/mol. The third kappa shape index (κ3) is 5.09. The van der Waals surface area contributed by atoms with E-state index in [0.29, 0.717) is 30.1 Å². The Morgan fingerprint density at radius 3 is 2.67 bits per heavy atom. The quantitative estimate of drug-likeness (QED) is 0.672. The minimum Gasteiger partial charge on any atom is -0.481 e. The summed E-state index contributed by atoms with van der Waals surface area (Å²) in [6.07, 6.45) is 7.17. The lowest BCUT2D eigenvalue weighted by Crippen LogP contribution is -2.41. The summed E-state index contributed by atoms with van der Waals surface area (Å²) in [6.45, 7) is 1.96. The molecular weight excluding hydrogens is 426 g/mol. The maximum absolute atomic E-state index is 12.4. The molecule has 33 heavy (non-hydrogen) atoms. The maximum Gasteiger partial charge on any atom is 0.410 e. The van der Waals surface area contributed by atoms with Crippen LogP contribution in [0.3, 0.4) is 0 Å². The summed E-state index contributed by atoms with van der Waals surface area (Å²) < 4.78 is 13.2. The van der Waals surface area contributed by atoms with Crippen LogP contribution < -0.4 is 4.74 Å². The van der Waals surface area contributed by atoms with Gasteiger partial charge in [0.25, 0.3) is 0 Å². The van der Waals surface area contributed by atoms with Gasteiger partial charge in [-0.2, -0.15) is 0 Å². The molecule has 2 aromatic rings. The van der Waals surface area contributed by atoms with Gasteiger partial charge in [0.2, 0.25) is 5.88 Å². The Hall–Kier alpha value is -3.17. The van der Waals surface area contributed by atoms with Gasteiger partial charge in [0, 0.05) is 37.5 Å². The molecule has 1 amide bonds. The number of carbonyl (C=O) groups excluding carboxylic acids is 1. The van der Waals surface area contributed by atoms with Crippen molar-refractivity contribution < 1.29 is 24.2 Å². The smallest absolute Gasteiger partial charge is 0.410 e. The van der Waals surface area contributed by atoms with Gasteiger partial charge in [-0.25, -0.2) is 14.5 Å². The Bertz CT molecular complexity index is 1020. The van der Waals surface area contributed by atoms with Gasteiger partial charge in [-0.15, -0.1) is 5.10 Å². The standard InChI is InChI=1S/C23H31N5O5/c1-14-10-16(12-24-21(14)33-18-9-4-6-15(11-18)22(29)30)20-19(28(3)26-25-20)13-32-23(31)27(2)17-7-5-8-17/h10,12,15,17-18H,4-9,11,13H2,1-3H3,(H,29,30)/t15-,18-/m0/s1. The summed E-state index contributed by atoms with van der Waals surface area (Å²) in [5.41, 5.74) is 2.85. The van der Waals surface area contributed by atoms with Crippen LogP contribution in [0.15, 0.2) is 12.3 Å². The van der Waals surface area contributed by atoms with Crippen molar-refractivity contribution in [3.63, 3.8) is 0 Å². The molecule has 2 aromatic heterocycles. The van der Waals surface area contributed by atoms with Crippen LogP contribution >= 0.6 is 0 Å². The van der Waals surface area contributed by atoms with Gasteiger partial charge >= 0.3 is 12.1 Å². The van der Waals surface area contributed by atoms with Crippen molar-refractivity contribution in [3.05, 3.63) is 23.5 Å². The van der Waals surface area contributed by atoms with Crippen LogP contribution in [-0.4, -0.2) is 61.2 Å². The van der Waals surface area contributed by atoms with E-state index in [1.54, 1.807) is 29.9 Å². The van der Waals surface area contributed by atoms with Gasteiger partial charge in [0.15, 0.2) is 0 Å². The van der Waals surface area contributed by atoms with Crippen molar-refractivity contribution in [1.29, 1.82) is 0 Å². The molecule has 10 heteroatoms. The molecule has 0 unspecified atom stereocenters. The molecule has 4 rings (SSSR count). The lowest BCUT2D eigenvalue weighted by molar-refractivity contribution is -0.143. The van der Waals surface area contributed by atoms with E-state index in [4.69, 9.17) is 9.47 Å². The number of pyridine rings is 1. The normalized spacial score (nSPS) is 20.7. The Labute approximate surface area is 192 Å². The fourth-order valence-electron chi connectivity index (χ4n) is 4.37. The van der Waals surface area contributed by atoms with Gasteiger partial charge < -0.3 is 19.5 Å². The highest BCUT2D eigenvalue weighted by atomic mass is 16.6. The molecule has 0 aromatic carbocycles. The average molecular weight is 458 g/mol. The Morgan fingerprint density at radius 1 is 1.24 bits per heavy atom. The molecule has 0 aliphatic heterocycles. The molecular formula is C23H31N5O5. The molecule has 10 nitrogen and oxygen atoms in total. The summed E-state index contributed by atoms with van der Waals surface area (Å²) in [6, 6.07) is 2.17. The number of carbonyl (C=O) groups is 2. The molecule has 178 valence electrons. The van der Waals surface area contributed by atoms with Gasteiger partial charge in [-0.1, -0.05) is 5.21 Å². The van der Waals surface area contributed by atoms with E-state index in [2.05, 4.69) is 15.3 Å². The highest BCUT2D eigenvalue weighted by molar-refractivity contribution is 5.70. The zero-order chi connectivity index (χ0) is 23.5. The molecule has 2 aliphatic carbocycles. The summed E-state index contributed by atoms with van der Waals surface area (Å²) in [7, 11) is 3.53. The second-order valence-corrected chi connectivity index (χ2v) is 9.05. The zero-order valence-electron chi connectivity index (χ0n) is 19.4. The monoisotopic (exact) mass is 457 g/mol. The number of aliphatic carboxylic acids is 1. The van der Waals surface area contributed by atoms with E-state index < -0.39 is 5.97 Å². The molecule has 2 atom stereocenters. The van der Waals surface area contributed by atoms with E-state index in [1.165, 1.54) is 0 Å². The molecule has 2 fully saturated rings. The fraction of sp³-hybridized carbons (Fsp3) is 0.609. The number of aromatic nitrogens is 4. The number of carboxylic acid groups (broad SMARTS) is 1. The maximum atomic E-state index is 12.4. The molecule has 2 aliphatic rings. The highest BCUT2D eigenvalue weighted by Gasteiger charge is 2.29. The lowest BCUT2D eigenvalue weighted by atomic mass is 9.87.